The van der Waals surface area contributed by atoms with E-state index in [1.54, 1.807) is 0 Å². The Morgan fingerprint density at radius 2 is 1.94 bits per heavy atom. The molecule has 18 heavy (non-hydrogen) atoms. The Kier molecular flexibility index (Phi) is 3.92. The van der Waals surface area contributed by atoms with Gasteiger partial charge in [0.25, 0.3) is 5.56 Å². The quantitative estimate of drug-likeness (QED) is 0.895. The highest BCUT2D eigenvalue weighted by molar-refractivity contribution is 5.62. The van der Waals surface area contributed by atoms with Crippen LogP contribution in [0.25, 0.3) is 11.3 Å². The van der Waals surface area contributed by atoms with Crippen molar-refractivity contribution in [2.75, 3.05) is 0 Å². The number of benzene rings is 1. The SMILES string of the molecule is CCCCc1nc(-c2ccccc2)c(C)c(=O)[nH]1. The third-order valence-corrected chi connectivity index (χ3v) is 3.01. The van der Waals surface area contributed by atoms with E-state index < -0.39 is 0 Å². The normalized spacial score (nSPS) is 10.6. The first-order valence-electron chi connectivity index (χ1n) is 6.37. The van der Waals surface area contributed by atoms with Gasteiger partial charge >= 0.3 is 0 Å². The standard InChI is InChI=1S/C15H18N2O/c1-3-4-10-13-16-14(11(2)15(18)17-13)12-8-6-5-7-9-12/h5-9H,3-4,10H2,1-2H3,(H,16,17,18). The zero-order valence-corrected chi connectivity index (χ0v) is 10.9. The fraction of sp³-hybridized carbons (Fsp3) is 0.333. The molecule has 2 rings (SSSR count). The lowest BCUT2D eigenvalue weighted by Gasteiger charge is -2.07. The van der Waals surface area contributed by atoms with E-state index in [4.69, 9.17) is 0 Å². The van der Waals surface area contributed by atoms with E-state index in [1.165, 1.54) is 0 Å². The number of hydrogen-bond acceptors (Lipinski definition) is 2. The molecule has 1 heterocycles. The molecule has 0 saturated heterocycles. The van der Waals surface area contributed by atoms with Gasteiger partial charge in [-0.2, -0.15) is 0 Å². The molecule has 0 fully saturated rings. The van der Waals surface area contributed by atoms with Crippen molar-refractivity contribution in [1.29, 1.82) is 0 Å². The van der Waals surface area contributed by atoms with Crippen LogP contribution in [0, 0.1) is 6.92 Å². The Labute approximate surface area is 107 Å². The van der Waals surface area contributed by atoms with Crippen molar-refractivity contribution >= 4 is 0 Å². The Morgan fingerprint density at radius 1 is 1.22 bits per heavy atom. The smallest absolute Gasteiger partial charge is 0.254 e. The van der Waals surface area contributed by atoms with Gasteiger partial charge in [0, 0.05) is 17.5 Å². The summed E-state index contributed by atoms with van der Waals surface area (Å²) < 4.78 is 0. The molecule has 0 aliphatic carbocycles. The zero-order chi connectivity index (χ0) is 13.0. The van der Waals surface area contributed by atoms with Crippen LogP contribution in [-0.2, 0) is 6.42 Å². The van der Waals surface area contributed by atoms with Crippen molar-refractivity contribution in [2.24, 2.45) is 0 Å². The van der Waals surface area contributed by atoms with Crippen LogP contribution in [0.2, 0.25) is 0 Å². The molecule has 1 N–H and O–H groups in total. The van der Waals surface area contributed by atoms with Crippen LogP contribution in [0.15, 0.2) is 35.1 Å². The van der Waals surface area contributed by atoms with Gasteiger partial charge < -0.3 is 4.98 Å². The number of rotatable bonds is 4. The molecule has 94 valence electrons. The number of hydrogen-bond donors (Lipinski definition) is 1. The van der Waals surface area contributed by atoms with E-state index in [-0.39, 0.29) is 5.56 Å². The Morgan fingerprint density at radius 3 is 2.61 bits per heavy atom. The molecule has 3 nitrogen and oxygen atoms in total. The molecule has 0 atom stereocenters. The third kappa shape index (κ3) is 2.67. The molecule has 0 unspecified atom stereocenters. The van der Waals surface area contributed by atoms with E-state index in [9.17, 15) is 4.79 Å². The van der Waals surface area contributed by atoms with Gasteiger partial charge in [-0.05, 0) is 13.3 Å². The highest BCUT2D eigenvalue weighted by Gasteiger charge is 2.08. The van der Waals surface area contributed by atoms with Gasteiger partial charge in [0.15, 0.2) is 0 Å². The Bertz CT molecular complexity index is 573. The summed E-state index contributed by atoms with van der Waals surface area (Å²) in [6.45, 7) is 3.95. The number of unbranched alkanes of at least 4 members (excludes halogenated alkanes) is 1. The van der Waals surface area contributed by atoms with Crippen LogP contribution in [0.3, 0.4) is 0 Å². The fourth-order valence-corrected chi connectivity index (χ4v) is 1.92. The summed E-state index contributed by atoms with van der Waals surface area (Å²) in [6, 6.07) is 9.85. The largest absolute Gasteiger partial charge is 0.310 e. The minimum absolute atomic E-state index is 0.0324. The second kappa shape index (κ2) is 5.63. The lowest BCUT2D eigenvalue weighted by Crippen LogP contribution is -2.16. The second-order valence-corrected chi connectivity index (χ2v) is 4.46. The van der Waals surface area contributed by atoms with Crippen LogP contribution in [0.5, 0.6) is 0 Å². The van der Waals surface area contributed by atoms with Crippen LogP contribution in [0.1, 0.15) is 31.2 Å². The number of nitrogens with zero attached hydrogens (tertiary/aromatic N) is 1. The molecule has 0 bridgehead atoms. The molecule has 0 spiro atoms. The number of aromatic nitrogens is 2. The third-order valence-electron chi connectivity index (χ3n) is 3.01. The average molecular weight is 242 g/mol. The van der Waals surface area contributed by atoms with Crippen molar-refractivity contribution in [1.82, 2.24) is 9.97 Å². The zero-order valence-electron chi connectivity index (χ0n) is 10.9. The molecule has 1 aromatic carbocycles. The first-order valence-corrected chi connectivity index (χ1v) is 6.37. The van der Waals surface area contributed by atoms with Gasteiger partial charge in [-0.25, -0.2) is 4.98 Å². The summed E-state index contributed by atoms with van der Waals surface area (Å²) in [5.41, 5.74) is 2.45. The monoisotopic (exact) mass is 242 g/mol. The maximum absolute atomic E-state index is 11.9. The molecule has 2 aromatic rings. The maximum Gasteiger partial charge on any atom is 0.254 e. The highest BCUT2D eigenvalue weighted by Crippen LogP contribution is 2.18. The van der Waals surface area contributed by atoms with Gasteiger partial charge in [-0.3, -0.25) is 4.79 Å². The van der Waals surface area contributed by atoms with E-state index in [1.807, 2.05) is 37.3 Å². The van der Waals surface area contributed by atoms with Crippen molar-refractivity contribution in [2.45, 2.75) is 33.1 Å². The Hall–Kier alpha value is -1.90. The predicted octanol–water partition coefficient (Wildman–Crippen LogP) is 3.09. The molecule has 0 aliphatic rings. The van der Waals surface area contributed by atoms with Gasteiger partial charge in [0.05, 0.1) is 5.69 Å². The number of aromatic amines is 1. The minimum atomic E-state index is -0.0324. The van der Waals surface area contributed by atoms with Crippen molar-refractivity contribution in [3.8, 4) is 11.3 Å². The minimum Gasteiger partial charge on any atom is -0.310 e. The molecule has 0 aliphatic heterocycles. The predicted molar refractivity (Wildman–Crippen MR) is 73.6 cm³/mol. The highest BCUT2D eigenvalue weighted by atomic mass is 16.1. The van der Waals surface area contributed by atoms with Crippen LogP contribution < -0.4 is 5.56 Å². The molecule has 3 heteroatoms. The summed E-state index contributed by atoms with van der Waals surface area (Å²) in [4.78, 5) is 19.3. The van der Waals surface area contributed by atoms with E-state index in [0.717, 1.165) is 36.3 Å². The van der Waals surface area contributed by atoms with E-state index in [0.29, 0.717) is 5.56 Å². The van der Waals surface area contributed by atoms with E-state index >= 15 is 0 Å². The van der Waals surface area contributed by atoms with E-state index in [2.05, 4.69) is 16.9 Å². The maximum atomic E-state index is 11.9. The lowest BCUT2D eigenvalue weighted by atomic mass is 10.1. The Balaban J connectivity index is 2.46. The van der Waals surface area contributed by atoms with Gasteiger partial charge in [-0.15, -0.1) is 0 Å². The van der Waals surface area contributed by atoms with Crippen LogP contribution >= 0.6 is 0 Å². The van der Waals surface area contributed by atoms with Crippen molar-refractivity contribution < 1.29 is 0 Å². The number of H-pyrrole nitrogens is 1. The average Bonchev–Trinajstić information content (AvgIpc) is 2.41. The lowest BCUT2D eigenvalue weighted by molar-refractivity contribution is 0.747. The first-order chi connectivity index (χ1) is 8.72. The first kappa shape index (κ1) is 12.6. The molecular formula is C15H18N2O. The van der Waals surface area contributed by atoms with Crippen molar-refractivity contribution in [3.05, 3.63) is 52.1 Å². The molecule has 0 saturated carbocycles. The summed E-state index contributed by atoms with van der Waals surface area (Å²) in [7, 11) is 0. The fourth-order valence-electron chi connectivity index (χ4n) is 1.92. The van der Waals surface area contributed by atoms with Gasteiger partial charge in [-0.1, -0.05) is 43.7 Å². The second-order valence-electron chi connectivity index (χ2n) is 4.46. The summed E-state index contributed by atoms with van der Waals surface area (Å²) >= 11 is 0. The molecule has 0 amide bonds. The molecular weight excluding hydrogens is 224 g/mol. The summed E-state index contributed by atoms with van der Waals surface area (Å²) in [6.07, 6.45) is 2.96. The topological polar surface area (TPSA) is 45.8 Å². The number of nitrogens with one attached hydrogen (secondary N) is 1. The molecule has 1 aromatic heterocycles. The van der Waals surface area contributed by atoms with Gasteiger partial charge in [0.2, 0.25) is 0 Å². The van der Waals surface area contributed by atoms with Crippen LogP contribution in [-0.4, -0.2) is 9.97 Å². The van der Waals surface area contributed by atoms with Gasteiger partial charge in [0.1, 0.15) is 5.82 Å². The summed E-state index contributed by atoms with van der Waals surface area (Å²) in [5, 5.41) is 0. The molecule has 0 radical (unpaired) electrons. The summed E-state index contributed by atoms with van der Waals surface area (Å²) in [5.74, 6) is 0.784. The van der Waals surface area contributed by atoms with Crippen LogP contribution in [0.4, 0.5) is 0 Å². The number of aryl methyl sites for hydroxylation is 1. The van der Waals surface area contributed by atoms with Crippen molar-refractivity contribution in [3.63, 3.8) is 0 Å².